The number of aromatic nitrogens is 2. The van der Waals surface area contributed by atoms with Crippen LogP contribution in [0.1, 0.15) is 11.3 Å². The normalized spacial score (nSPS) is 16.5. The van der Waals surface area contributed by atoms with E-state index in [9.17, 15) is 36.2 Å². The van der Waals surface area contributed by atoms with Gasteiger partial charge in [-0.25, -0.2) is 0 Å². The minimum absolute atomic E-state index is 0.0333. The van der Waals surface area contributed by atoms with Gasteiger partial charge in [0.25, 0.3) is 0 Å². The van der Waals surface area contributed by atoms with E-state index in [4.69, 9.17) is 9.84 Å². The lowest BCUT2D eigenvalue weighted by Gasteiger charge is -2.35. The Morgan fingerprint density at radius 1 is 1.16 bits per heavy atom. The van der Waals surface area contributed by atoms with Crippen molar-refractivity contribution in [3.05, 3.63) is 10.9 Å². The fourth-order valence-electron chi connectivity index (χ4n) is 3.01. The number of amides is 1. The molecule has 0 unspecified atom stereocenters. The van der Waals surface area contributed by atoms with Crippen molar-refractivity contribution in [3.63, 3.8) is 0 Å². The number of rotatable bonds is 6. The monoisotopic (exact) mass is 488 g/mol. The average Bonchev–Trinajstić information content (AvgIpc) is 3.15. The van der Waals surface area contributed by atoms with E-state index in [0.29, 0.717) is 11.3 Å². The van der Waals surface area contributed by atoms with Gasteiger partial charge in [-0.15, -0.1) is 11.3 Å². The Kier molecular flexibility index (Phi) is 7.00. The molecule has 8 nitrogen and oxygen atoms in total. The molecular formula is C17H18F6N4O4S. The molecule has 1 aliphatic heterocycles. The summed E-state index contributed by atoms with van der Waals surface area (Å²) in [4.78, 5) is 21.4. The first-order valence-electron chi connectivity index (χ1n) is 9.27. The molecule has 1 saturated heterocycles. The zero-order chi connectivity index (χ0) is 23.7. The Hall–Kier alpha value is -2.39. The summed E-state index contributed by atoms with van der Waals surface area (Å²) in [5, 5.41) is 18.4. The number of thiophene rings is 1. The highest BCUT2D eigenvalue weighted by atomic mass is 32.1. The van der Waals surface area contributed by atoms with Gasteiger partial charge in [0.2, 0.25) is 5.91 Å². The maximum Gasteiger partial charge on any atom is 0.425 e. The summed E-state index contributed by atoms with van der Waals surface area (Å²) in [6.45, 7) is -1.09. The third-order valence-corrected chi connectivity index (χ3v) is 5.60. The molecular weight excluding hydrogens is 470 g/mol. The van der Waals surface area contributed by atoms with Gasteiger partial charge in [-0.05, 0) is 6.07 Å². The quantitative estimate of drug-likeness (QED) is 0.601. The topological polar surface area (TPSA) is 99.0 Å². The Balaban J connectivity index is 1.85. The van der Waals surface area contributed by atoms with Crippen LogP contribution in [-0.4, -0.2) is 82.7 Å². The van der Waals surface area contributed by atoms with Gasteiger partial charge in [-0.3, -0.25) is 4.79 Å². The largest absolute Gasteiger partial charge is 0.461 e. The Morgan fingerprint density at radius 3 is 2.38 bits per heavy atom. The molecule has 1 fully saturated rings. The molecule has 0 saturated carbocycles. The van der Waals surface area contributed by atoms with E-state index in [1.807, 2.05) is 0 Å². The van der Waals surface area contributed by atoms with Crippen LogP contribution in [0.4, 0.5) is 32.2 Å². The van der Waals surface area contributed by atoms with Crippen molar-refractivity contribution in [2.24, 2.45) is 0 Å². The number of hydrogen-bond acceptors (Lipinski definition) is 8. The number of aliphatic hydroxyl groups excluding tert-OH is 2. The number of ether oxygens (including phenoxy) is 1. The maximum atomic E-state index is 13.2. The van der Waals surface area contributed by atoms with Crippen LogP contribution in [0.5, 0.6) is 6.01 Å². The summed E-state index contributed by atoms with van der Waals surface area (Å²) in [5.41, 5.74) is 0. The van der Waals surface area contributed by atoms with Gasteiger partial charge in [0.05, 0.1) is 12.0 Å². The summed E-state index contributed by atoms with van der Waals surface area (Å²) in [5.74, 6) is -1.01. The molecule has 1 amide bonds. The van der Waals surface area contributed by atoms with Crippen LogP contribution < -0.4 is 9.64 Å². The van der Waals surface area contributed by atoms with Crippen LogP contribution in [0.15, 0.2) is 6.07 Å². The number of piperazine rings is 1. The SMILES string of the molecule is O=C(CC(F)(F)F)N1CCN(c2nc(OC[C@@H](O)CO)nc3sc(C(F)(F)F)cc23)CC1. The first kappa shape index (κ1) is 24.3. The van der Waals surface area contributed by atoms with Crippen molar-refractivity contribution in [1.29, 1.82) is 0 Å². The second-order valence-electron chi connectivity index (χ2n) is 6.96. The maximum absolute atomic E-state index is 13.2. The number of fused-ring (bicyclic) bond motifs is 1. The minimum atomic E-state index is -4.64. The number of nitrogens with zero attached hydrogens (tertiary/aromatic N) is 4. The molecule has 0 spiro atoms. The molecule has 1 atom stereocenters. The number of carbonyl (C=O) groups is 1. The van der Waals surface area contributed by atoms with Gasteiger partial charge in [-0.2, -0.15) is 36.3 Å². The highest BCUT2D eigenvalue weighted by molar-refractivity contribution is 7.18. The fraction of sp³-hybridized carbons (Fsp3) is 0.588. The number of alkyl halides is 6. The molecule has 15 heteroatoms. The van der Waals surface area contributed by atoms with Crippen molar-refractivity contribution in [3.8, 4) is 6.01 Å². The van der Waals surface area contributed by atoms with Crippen molar-refractivity contribution < 1.29 is 46.1 Å². The van der Waals surface area contributed by atoms with E-state index < -0.39 is 48.9 Å². The molecule has 3 rings (SSSR count). The van der Waals surface area contributed by atoms with Crippen molar-refractivity contribution in [2.75, 3.05) is 44.3 Å². The molecule has 32 heavy (non-hydrogen) atoms. The van der Waals surface area contributed by atoms with Gasteiger partial charge >= 0.3 is 18.4 Å². The summed E-state index contributed by atoms with van der Waals surface area (Å²) in [6.07, 6.45) is -12.1. The molecule has 1 aliphatic rings. The lowest BCUT2D eigenvalue weighted by Crippen LogP contribution is -2.49. The number of aliphatic hydroxyl groups is 2. The smallest absolute Gasteiger partial charge is 0.425 e. The van der Waals surface area contributed by atoms with Crippen LogP contribution in [0.25, 0.3) is 10.2 Å². The third kappa shape index (κ3) is 5.89. The molecule has 2 aromatic heterocycles. The molecule has 178 valence electrons. The molecule has 0 bridgehead atoms. The predicted molar refractivity (Wildman–Crippen MR) is 100 cm³/mol. The van der Waals surface area contributed by atoms with Gasteiger partial charge in [0.15, 0.2) is 0 Å². The summed E-state index contributed by atoms with van der Waals surface area (Å²) >= 11 is 0.364. The second kappa shape index (κ2) is 9.23. The molecule has 0 aliphatic carbocycles. The lowest BCUT2D eigenvalue weighted by molar-refractivity contribution is -0.161. The highest BCUT2D eigenvalue weighted by Crippen LogP contribution is 2.40. The van der Waals surface area contributed by atoms with E-state index in [1.165, 1.54) is 4.90 Å². The number of carbonyl (C=O) groups excluding carboxylic acids is 1. The van der Waals surface area contributed by atoms with E-state index in [-0.39, 0.29) is 48.2 Å². The zero-order valence-corrected chi connectivity index (χ0v) is 17.1. The highest BCUT2D eigenvalue weighted by Gasteiger charge is 2.36. The molecule has 2 aromatic rings. The van der Waals surface area contributed by atoms with E-state index in [2.05, 4.69) is 9.97 Å². The molecule has 3 heterocycles. The number of anilines is 1. The molecule has 0 aromatic carbocycles. The third-order valence-electron chi connectivity index (χ3n) is 4.53. The number of halogens is 6. The lowest BCUT2D eigenvalue weighted by atomic mass is 10.2. The summed E-state index contributed by atoms with van der Waals surface area (Å²) in [6, 6.07) is 0.550. The summed E-state index contributed by atoms with van der Waals surface area (Å²) in [7, 11) is 0. The van der Waals surface area contributed by atoms with Crippen LogP contribution in [-0.2, 0) is 11.0 Å². The Labute approximate surface area is 181 Å². The molecule has 2 N–H and O–H groups in total. The average molecular weight is 488 g/mol. The van der Waals surface area contributed by atoms with E-state index >= 15 is 0 Å². The second-order valence-corrected chi connectivity index (χ2v) is 7.99. The first-order chi connectivity index (χ1) is 14.9. The fourth-order valence-corrected chi connectivity index (χ4v) is 3.89. The predicted octanol–water partition coefficient (Wildman–Crippen LogP) is 2.04. The Morgan fingerprint density at radius 2 is 1.81 bits per heavy atom. The van der Waals surface area contributed by atoms with Crippen LogP contribution in [0, 0.1) is 0 Å². The first-order valence-corrected chi connectivity index (χ1v) is 10.1. The molecule has 0 radical (unpaired) electrons. The Bertz CT molecular complexity index is 959. The van der Waals surface area contributed by atoms with Gasteiger partial charge in [0.1, 0.15) is 34.7 Å². The van der Waals surface area contributed by atoms with E-state index in [0.717, 1.165) is 11.0 Å². The van der Waals surface area contributed by atoms with Crippen LogP contribution in [0.2, 0.25) is 0 Å². The minimum Gasteiger partial charge on any atom is -0.461 e. The van der Waals surface area contributed by atoms with E-state index in [1.54, 1.807) is 0 Å². The number of hydrogen-bond donors (Lipinski definition) is 2. The van der Waals surface area contributed by atoms with Gasteiger partial charge in [-0.1, -0.05) is 0 Å². The van der Waals surface area contributed by atoms with Crippen molar-refractivity contribution >= 4 is 33.3 Å². The zero-order valence-electron chi connectivity index (χ0n) is 16.3. The standard InChI is InChI=1S/C17H18F6N4O4S/c18-16(19,20)6-12(30)26-1-3-27(4-2-26)13-10-5-11(17(21,22)23)32-14(10)25-15(24-13)31-8-9(29)7-28/h5,9,28-29H,1-4,6-8H2/t9-/m0/s1. The van der Waals surface area contributed by atoms with Crippen LogP contribution >= 0.6 is 11.3 Å². The van der Waals surface area contributed by atoms with Crippen molar-refractivity contribution in [2.45, 2.75) is 24.9 Å². The van der Waals surface area contributed by atoms with Crippen LogP contribution in [0.3, 0.4) is 0 Å². The van der Waals surface area contributed by atoms with Gasteiger partial charge in [0, 0.05) is 26.2 Å². The van der Waals surface area contributed by atoms with Gasteiger partial charge < -0.3 is 24.7 Å². The summed E-state index contributed by atoms with van der Waals surface area (Å²) < 4.78 is 82.2. The van der Waals surface area contributed by atoms with Crippen molar-refractivity contribution in [1.82, 2.24) is 14.9 Å².